The maximum Gasteiger partial charge on any atom is 0.265 e. The van der Waals surface area contributed by atoms with Gasteiger partial charge in [0.25, 0.3) is 5.91 Å². The van der Waals surface area contributed by atoms with E-state index in [1.807, 2.05) is 6.07 Å². The van der Waals surface area contributed by atoms with E-state index in [9.17, 15) is 14.4 Å². The zero-order valence-electron chi connectivity index (χ0n) is 15.4. The van der Waals surface area contributed by atoms with Gasteiger partial charge < -0.3 is 10.1 Å². The molecule has 0 saturated heterocycles. The number of fused-ring (bicyclic) bond motifs is 2. The molecule has 3 aromatic carbocycles. The van der Waals surface area contributed by atoms with Crippen LogP contribution in [0.1, 0.15) is 38.8 Å². The summed E-state index contributed by atoms with van der Waals surface area (Å²) in [5.74, 6) is -0.476. The van der Waals surface area contributed by atoms with E-state index in [-0.39, 0.29) is 33.4 Å². The summed E-state index contributed by atoms with van der Waals surface area (Å²) in [6.07, 6.45) is -0.789. The maximum absolute atomic E-state index is 12.9. The second-order valence-corrected chi connectivity index (χ2v) is 6.99. The predicted molar refractivity (Wildman–Crippen MR) is 110 cm³/mol. The number of rotatable bonds is 4. The van der Waals surface area contributed by atoms with Gasteiger partial charge in [0.1, 0.15) is 5.75 Å². The highest BCUT2D eigenvalue weighted by molar-refractivity contribution is 6.41. The van der Waals surface area contributed by atoms with Crippen LogP contribution in [0.3, 0.4) is 0 Å². The lowest BCUT2D eigenvalue weighted by Crippen LogP contribution is -2.30. The Balaban J connectivity index is 1.61. The third kappa shape index (κ3) is 3.41. The molecule has 0 aromatic heterocycles. The van der Waals surface area contributed by atoms with Crippen molar-refractivity contribution in [3.63, 3.8) is 0 Å². The van der Waals surface area contributed by atoms with Crippen LogP contribution in [0.2, 0.25) is 5.02 Å². The molecule has 0 aliphatic heterocycles. The third-order valence-electron chi connectivity index (χ3n) is 4.71. The van der Waals surface area contributed by atoms with E-state index in [0.29, 0.717) is 16.9 Å². The highest BCUT2D eigenvalue weighted by Gasteiger charge is 2.32. The minimum atomic E-state index is -0.789. The van der Waals surface area contributed by atoms with E-state index in [1.54, 1.807) is 55.5 Å². The molecule has 1 aliphatic carbocycles. The number of carbonyl (C=O) groups excluding carboxylic acids is 3. The van der Waals surface area contributed by atoms with Crippen molar-refractivity contribution in [2.45, 2.75) is 13.0 Å². The van der Waals surface area contributed by atoms with Crippen molar-refractivity contribution in [2.24, 2.45) is 0 Å². The van der Waals surface area contributed by atoms with Gasteiger partial charge in [-0.25, -0.2) is 0 Å². The number of benzene rings is 3. The van der Waals surface area contributed by atoms with Gasteiger partial charge in [-0.2, -0.15) is 0 Å². The lowest BCUT2D eigenvalue weighted by molar-refractivity contribution is -0.122. The van der Waals surface area contributed by atoms with Crippen LogP contribution >= 0.6 is 11.6 Å². The molecule has 0 saturated carbocycles. The molecule has 0 fully saturated rings. The molecule has 4 rings (SSSR count). The Morgan fingerprint density at radius 1 is 0.862 bits per heavy atom. The van der Waals surface area contributed by atoms with Crippen LogP contribution in [0.25, 0.3) is 0 Å². The fourth-order valence-corrected chi connectivity index (χ4v) is 3.53. The number of carbonyl (C=O) groups is 3. The van der Waals surface area contributed by atoms with Gasteiger partial charge in [0.15, 0.2) is 17.7 Å². The second-order valence-electron chi connectivity index (χ2n) is 6.62. The zero-order chi connectivity index (χ0) is 20.5. The van der Waals surface area contributed by atoms with Crippen LogP contribution in [0.15, 0.2) is 66.7 Å². The number of ether oxygens (including phenoxy) is 1. The zero-order valence-corrected chi connectivity index (χ0v) is 16.2. The van der Waals surface area contributed by atoms with Crippen molar-refractivity contribution in [3.05, 3.63) is 94.0 Å². The number of hydrogen-bond donors (Lipinski definition) is 1. The monoisotopic (exact) mass is 405 g/mol. The molecule has 29 heavy (non-hydrogen) atoms. The fraction of sp³-hybridized carbons (Fsp3) is 0.0870. The summed E-state index contributed by atoms with van der Waals surface area (Å²) in [6.45, 7) is 1.61. The van der Waals surface area contributed by atoms with Gasteiger partial charge in [0, 0.05) is 16.7 Å². The maximum atomic E-state index is 12.9. The van der Waals surface area contributed by atoms with Crippen LogP contribution in [0.5, 0.6) is 5.75 Å². The number of hydrogen-bond acceptors (Lipinski definition) is 4. The highest BCUT2D eigenvalue weighted by Crippen LogP contribution is 2.36. The SMILES string of the molecule is CC(Oc1ccccc1)C(=O)Nc1ccc2c(c1Cl)C(=O)c1ccccc1C2=O. The molecule has 1 N–H and O–H groups in total. The van der Waals surface area contributed by atoms with Gasteiger partial charge in [0.2, 0.25) is 0 Å². The van der Waals surface area contributed by atoms with Crippen molar-refractivity contribution >= 4 is 34.8 Å². The van der Waals surface area contributed by atoms with E-state index in [0.717, 1.165) is 0 Å². The van der Waals surface area contributed by atoms with E-state index < -0.39 is 12.0 Å². The molecule has 0 spiro atoms. The standard InChI is InChI=1S/C23H16ClNO4/c1-13(29-14-7-3-2-4-8-14)23(28)25-18-12-11-17-19(20(18)24)22(27)16-10-6-5-9-15(16)21(17)26/h2-13H,1H3,(H,25,28). The summed E-state index contributed by atoms with van der Waals surface area (Å²) in [5.41, 5.74) is 1.23. The molecule has 1 amide bonds. The van der Waals surface area contributed by atoms with Crippen LogP contribution in [0.4, 0.5) is 5.69 Å². The summed E-state index contributed by atoms with van der Waals surface area (Å²) in [5, 5.41) is 2.72. The number of amides is 1. The first-order valence-corrected chi connectivity index (χ1v) is 9.38. The van der Waals surface area contributed by atoms with E-state index in [4.69, 9.17) is 16.3 Å². The number of ketones is 2. The van der Waals surface area contributed by atoms with Crippen molar-refractivity contribution in [2.75, 3.05) is 5.32 Å². The number of halogens is 1. The Hall–Kier alpha value is -3.44. The third-order valence-corrected chi connectivity index (χ3v) is 5.11. The highest BCUT2D eigenvalue weighted by atomic mass is 35.5. The Labute approximate surface area is 172 Å². The van der Waals surface area contributed by atoms with E-state index in [1.165, 1.54) is 12.1 Å². The topological polar surface area (TPSA) is 72.5 Å². The van der Waals surface area contributed by atoms with Crippen molar-refractivity contribution in [1.29, 1.82) is 0 Å². The van der Waals surface area contributed by atoms with E-state index >= 15 is 0 Å². The average molecular weight is 406 g/mol. The van der Waals surface area contributed by atoms with Crippen LogP contribution < -0.4 is 10.1 Å². The Kier molecular flexibility index (Phi) is 4.91. The molecule has 144 valence electrons. The number of para-hydroxylation sites is 1. The Morgan fingerprint density at radius 3 is 2.17 bits per heavy atom. The minimum absolute atomic E-state index is 0.0376. The molecular formula is C23H16ClNO4. The molecule has 1 atom stereocenters. The van der Waals surface area contributed by atoms with E-state index in [2.05, 4.69) is 5.32 Å². The summed E-state index contributed by atoms with van der Waals surface area (Å²) >= 11 is 6.43. The van der Waals surface area contributed by atoms with Gasteiger partial charge in [0.05, 0.1) is 16.3 Å². The van der Waals surface area contributed by atoms with Gasteiger partial charge in [-0.05, 0) is 31.2 Å². The quantitative estimate of drug-likeness (QED) is 0.541. The van der Waals surface area contributed by atoms with Gasteiger partial charge in [-0.1, -0.05) is 54.1 Å². The first-order chi connectivity index (χ1) is 14.0. The minimum Gasteiger partial charge on any atom is -0.481 e. The summed E-state index contributed by atoms with van der Waals surface area (Å²) < 4.78 is 5.61. The van der Waals surface area contributed by atoms with Crippen molar-refractivity contribution < 1.29 is 19.1 Å². The molecule has 5 nitrogen and oxygen atoms in total. The number of nitrogens with one attached hydrogen (secondary N) is 1. The molecule has 1 unspecified atom stereocenters. The first-order valence-electron chi connectivity index (χ1n) is 9.01. The van der Waals surface area contributed by atoms with Gasteiger partial charge in [-0.15, -0.1) is 0 Å². The van der Waals surface area contributed by atoms with Crippen LogP contribution in [-0.2, 0) is 4.79 Å². The Morgan fingerprint density at radius 2 is 1.48 bits per heavy atom. The molecule has 6 heteroatoms. The molecule has 1 aliphatic rings. The molecular weight excluding hydrogens is 390 g/mol. The number of anilines is 1. The van der Waals surface area contributed by atoms with Crippen molar-refractivity contribution in [1.82, 2.24) is 0 Å². The lowest BCUT2D eigenvalue weighted by atomic mass is 9.84. The fourth-order valence-electron chi connectivity index (χ4n) is 3.23. The molecule has 3 aromatic rings. The summed E-state index contributed by atoms with van der Waals surface area (Å²) in [4.78, 5) is 38.2. The van der Waals surface area contributed by atoms with Gasteiger partial charge >= 0.3 is 0 Å². The normalized spacial score (nSPS) is 13.3. The van der Waals surface area contributed by atoms with Crippen LogP contribution in [-0.4, -0.2) is 23.6 Å². The molecule has 0 heterocycles. The largest absolute Gasteiger partial charge is 0.481 e. The molecule has 0 radical (unpaired) electrons. The summed E-state index contributed by atoms with van der Waals surface area (Å²) in [6, 6.07) is 18.6. The second kappa shape index (κ2) is 7.53. The smallest absolute Gasteiger partial charge is 0.265 e. The lowest BCUT2D eigenvalue weighted by Gasteiger charge is -2.21. The predicted octanol–water partition coefficient (Wildman–Crippen LogP) is 4.52. The van der Waals surface area contributed by atoms with Crippen LogP contribution in [0, 0.1) is 0 Å². The first kappa shape index (κ1) is 18.9. The summed E-state index contributed by atoms with van der Waals surface area (Å²) in [7, 11) is 0. The average Bonchev–Trinajstić information content (AvgIpc) is 2.74. The van der Waals surface area contributed by atoms with Crippen molar-refractivity contribution in [3.8, 4) is 5.75 Å². The Bertz CT molecular complexity index is 1140. The van der Waals surface area contributed by atoms with Gasteiger partial charge in [-0.3, -0.25) is 14.4 Å². The molecule has 0 bridgehead atoms.